The fourth-order valence-electron chi connectivity index (χ4n) is 1.22. The van der Waals surface area contributed by atoms with Gasteiger partial charge in [0.2, 0.25) is 0 Å². The minimum atomic E-state index is -1.08. The number of carboxylic acids is 1. The predicted octanol–water partition coefficient (Wildman–Crippen LogP) is 2.02. The molecule has 0 saturated carbocycles. The topological polar surface area (TPSA) is 49.3 Å². The van der Waals surface area contributed by atoms with E-state index < -0.39 is 17.6 Å². The fourth-order valence-corrected chi connectivity index (χ4v) is 1.22. The number of nitrogens with one attached hydrogen (secondary N) is 1. The second kappa shape index (κ2) is 4.72. The average molecular weight is 215 g/mol. The summed E-state index contributed by atoms with van der Waals surface area (Å²) in [6, 6.07) is 2.28. The molecule has 0 bridgehead atoms. The SMILES string of the molecule is CNc1cc(F)c(CCC(=O)O)c(F)c1. The molecular formula is C10H11F2NO2. The largest absolute Gasteiger partial charge is 0.481 e. The lowest BCUT2D eigenvalue weighted by atomic mass is 10.1. The van der Waals surface area contributed by atoms with E-state index in [2.05, 4.69) is 5.32 Å². The molecule has 0 radical (unpaired) electrons. The Bertz CT molecular complexity index is 357. The summed E-state index contributed by atoms with van der Waals surface area (Å²) in [5, 5.41) is 11.0. The Kier molecular flexibility index (Phi) is 3.60. The highest BCUT2D eigenvalue weighted by molar-refractivity contribution is 5.67. The van der Waals surface area contributed by atoms with Gasteiger partial charge in [0.25, 0.3) is 0 Å². The summed E-state index contributed by atoms with van der Waals surface area (Å²) in [5.41, 5.74) is 0.139. The minimum absolute atomic E-state index is 0.142. The van der Waals surface area contributed by atoms with Gasteiger partial charge < -0.3 is 10.4 Å². The van der Waals surface area contributed by atoms with Crippen LogP contribution in [-0.2, 0) is 11.2 Å². The van der Waals surface area contributed by atoms with Crippen LogP contribution < -0.4 is 5.32 Å². The molecule has 0 aliphatic rings. The predicted molar refractivity (Wildman–Crippen MR) is 51.9 cm³/mol. The van der Waals surface area contributed by atoms with Crippen LogP contribution in [-0.4, -0.2) is 18.1 Å². The number of rotatable bonds is 4. The van der Waals surface area contributed by atoms with Gasteiger partial charge in [-0.2, -0.15) is 0 Å². The Morgan fingerprint density at radius 1 is 1.40 bits per heavy atom. The van der Waals surface area contributed by atoms with Crippen LogP contribution >= 0.6 is 0 Å². The third-order valence-corrected chi connectivity index (χ3v) is 2.02. The van der Waals surface area contributed by atoms with Crippen LogP contribution in [0.5, 0.6) is 0 Å². The summed E-state index contributed by atoms with van der Waals surface area (Å²) >= 11 is 0. The van der Waals surface area contributed by atoms with Gasteiger partial charge in [-0.1, -0.05) is 0 Å². The van der Waals surface area contributed by atoms with Gasteiger partial charge in [0.15, 0.2) is 0 Å². The van der Waals surface area contributed by atoms with Crippen molar-refractivity contribution in [3.05, 3.63) is 29.3 Å². The molecule has 0 aliphatic heterocycles. The lowest BCUT2D eigenvalue weighted by Gasteiger charge is -2.06. The van der Waals surface area contributed by atoms with E-state index >= 15 is 0 Å². The second-order valence-corrected chi connectivity index (χ2v) is 3.06. The second-order valence-electron chi connectivity index (χ2n) is 3.06. The van der Waals surface area contributed by atoms with E-state index in [0.29, 0.717) is 5.69 Å². The number of carbonyl (C=O) groups is 1. The monoisotopic (exact) mass is 215 g/mol. The molecule has 1 rings (SSSR count). The number of benzene rings is 1. The molecule has 3 nitrogen and oxygen atoms in total. The van der Waals surface area contributed by atoms with Crippen LogP contribution in [0.4, 0.5) is 14.5 Å². The summed E-state index contributed by atoms with van der Waals surface area (Å²) in [5.74, 6) is -2.52. The van der Waals surface area contributed by atoms with E-state index in [0.717, 1.165) is 12.1 Å². The zero-order valence-corrected chi connectivity index (χ0v) is 8.18. The molecule has 0 spiro atoms. The van der Waals surface area contributed by atoms with E-state index in [1.165, 1.54) is 0 Å². The van der Waals surface area contributed by atoms with Crippen molar-refractivity contribution < 1.29 is 18.7 Å². The maximum atomic E-state index is 13.3. The lowest BCUT2D eigenvalue weighted by molar-refractivity contribution is -0.136. The van der Waals surface area contributed by atoms with Crippen LogP contribution in [0.25, 0.3) is 0 Å². The van der Waals surface area contributed by atoms with Gasteiger partial charge in [0.05, 0.1) is 0 Å². The van der Waals surface area contributed by atoms with Crippen LogP contribution in [0.1, 0.15) is 12.0 Å². The summed E-state index contributed by atoms with van der Waals surface area (Å²) in [6.45, 7) is 0. The molecule has 0 heterocycles. The average Bonchev–Trinajstić information content (AvgIpc) is 2.15. The van der Waals surface area contributed by atoms with Crippen molar-refractivity contribution in [2.75, 3.05) is 12.4 Å². The highest BCUT2D eigenvalue weighted by Crippen LogP contribution is 2.19. The van der Waals surface area contributed by atoms with Crippen LogP contribution in [0.15, 0.2) is 12.1 Å². The minimum Gasteiger partial charge on any atom is -0.481 e. The van der Waals surface area contributed by atoms with Gasteiger partial charge >= 0.3 is 5.97 Å². The van der Waals surface area contributed by atoms with Crippen molar-refractivity contribution >= 4 is 11.7 Å². The first-order chi connectivity index (χ1) is 7.04. The molecule has 5 heteroatoms. The van der Waals surface area contributed by atoms with E-state index in [1.54, 1.807) is 7.05 Å². The van der Waals surface area contributed by atoms with Gasteiger partial charge in [-0.25, -0.2) is 8.78 Å². The first-order valence-electron chi connectivity index (χ1n) is 4.42. The molecule has 0 saturated heterocycles. The lowest BCUT2D eigenvalue weighted by Crippen LogP contribution is -2.03. The Morgan fingerprint density at radius 2 is 1.93 bits per heavy atom. The Hall–Kier alpha value is -1.65. The van der Waals surface area contributed by atoms with Crippen molar-refractivity contribution in [2.45, 2.75) is 12.8 Å². The number of carboxylic acid groups (broad SMARTS) is 1. The third-order valence-electron chi connectivity index (χ3n) is 2.02. The molecule has 2 N–H and O–H groups in total. The quantitative estimate of drug-likeness (QED) is 0.807. The van der Waals surface area contributed by atoms with Crippen LogP contribution in [0, 0.1) is 11.6 Å². The van der Waals surface area contributed by atoms with Gasteiger partial charge in [-0.3, -0.25) is 4.79 Å². The van der Waals surface area contributed by atoms with E-state index in [9.17, 15) is 13.6 Å². The Labute approximate surface area is 85.7 Å². The third kappa shape index (κ3) is 2.90. The van der Waals surface area contributed by atoms with Gasteiger partial charge in [-0.05, 0) is 18.6 Å². The number of anilines is 1. The van der Waals surface area contributed by atoms with Crippen LogP contribution in [0.3, 0.4) is 0 Å². The highest BCUT2D eigenvalue weighted by atomic mass is 19.1. The Balaban J connectivity index is 2.92. The summed E-state index contributed by atoms with van der Waals surface area (Å²) in [6.07, 6.45) is -0.427. The van der Waals surface area contributed by atoms with Crippen molar-refractivity contribution in [1.82, 2.24) is 0 Å². The number of halogens is 2. The number of hydrogen-bond acceptors (Lipinski definition) is 2. The van der Waals surface area contributed by atoms with Gasteiger partial charge in [-0.15, -0.1) is 0 Å². The molecule has 0 amide bonds. The van der Waals surface area contributed by atoms with Gasteiger partial charge in [0, 0.05) is 24.7 Å². The van der Waals surface area contributed by atoms with E-state index in [-0.39, 0.29) is 18.4 Å². The highest BCUT2D eigenvalue weighted by Gasteiger charge is 2.12. The summed E-state index contributed by atoms with van der Waals surface area (Å²) in [4.78, 5) is 10.3. The first-order valence-corrected chi connectivity index (χ1v) is 4.42. The first kappa shape index (κ1) is 11.4. The molecule has 1 aromatic carbocycles. The standard InChI is InChI=1S/C10H11F2NO2/c1-13-6-4-8(11)7(9(12)5-6)2-3-10(14)15/h4-5,13H,2-3H2,1H3,(H,14,15). The maximum absolute atomic E-state index is 13.3. The van der Waals surface area contributed by atoms with Crippen molar-refractivity contribution in [2.24, 2.45) is 0 Å². The summed E-state index contributed by atoms with van der Waals surface area (Å²) in [7, 11) is 1.55. The number of hydrogen-bond donors (Lipinski definition) is 2. The van der Waals surface area contributed by atoms with Crippen molar-refractivity contribution in [3.63, 3.8) is 0 Å². The normalized spacial score (nSPS) is 10.1. The molecule has 1 aromatic rings. The zero-order chi connectivity index (χ0) is 11.4. The van der Waals surface area contributed by atoms with Crippen molar-refractivity contribution in [1.29, 1.82) is 0 Å². The molecule has 82 valence electrons. The van der Waals surface area contributed by atoms with Crippen LogP contribution in [0.2, 0.25) is 0 Å². The summed E-state index contributed by atoms with van der Waals surface area (Å²) < 4.78 is 26.6. The molecule has 0 unspecified atom stereocenters. The molecule has 0 aliphatic carbocycles. The van der Waals surface area contributed by atoms with Gasteiger partial charge in [0.1, 0.15) is 11.6 Å². The van der Waals surface area contributed by atoms with E-state index in [1.807, 2.05) is 0 Å². The molecule has 0 aromatic heterocycles. The van der Waals surface area contributed by atoms with Crippen molar-refractivity contribution in [3.8, 4) is 0 Å². The smallest absolute Gasteiger partial charge is 0.303 e. The fraction of sp³-hybridized carbons (Fsp3) is 0.300. The molecule has 0 atom stereocenters. The van der Waals surface area contributed by atoms with E-state index in [4.69, 9.17) is 5.11 Å². The zero-order valence-electron chi connectivity index (χ0n) is 8.18. The maximum Gasteiger partial charge on any atom is 0.303 e. The number of aliphatic carboxylic acids is 1. The molecule has 0 fully saturated rings. The Morgan fingerprint density at radius 3 is 2.33 bits per heavy atom. The molecule has 15 heavy (non-hydrogen) atoms. The molecular weight excluding hydrogens is 204 g/mol.